The lowest BCUT2D eigenvalue weighted by atomic mass is 9.96. The van der Waals surface area contributed by atoms with Gasteiger partial charge in [-0.2, -0.15) is 0 Å². The molecule has 118 valence electrons. The van der Waals surface area contributed by atoms with Gasteiger partial charge < -0.3 is 19.8 Å². The molecule has 6 nitrogen and oxygen atoms in total. The largest absolute Gasteiger partial charge is 0.503 e. The van der Waals surface area contributed by atoms with E-state index < -0.39 is 23.8 Å². The number of ether oxygens (including phenoxy) is 1. The second-order valence-corrected chi connectivity index (χ2v) is 5.30. The molecular weight excluding hydrogens is 286 g/mol. The molecule has 0 bridgehead atoms. The fourth-order valence-electron chi connectivity index (χ4n) is 2.62. The Balaban J connectivity index is 2.48. The van der Waals surface area contributed by atoms with Crippen LogP contribution in [0.15, 0.2) is 35.6 Å². The third-order valence-corrected chi connectivity index (χ3v) is 3.58. The Labute approximate surface area is 128 Å². The number of aliphatic hydroxyl groups excluding tert-OH is 2. The number of hydrogen-bond donors (Lipinski definition) is 2. The van der Waals surface area contributed by atoms with Gasteiger partial charge in [0.2, 0.25) is 0 Å². The zero-order valence-electron chi connectivity index (χ0n) is 12.7. The second-order valence-electron chi connectivity index (χ2n) is 5.30. The smallest absolute Gasteiger partial charge is 0.290 e. The summed E-state index contributed by atoms with van der Waals surface area (Å²) in [7, 11) is 1.54. The maximum absolute atomic E-state index is 12.2. The van der Waals surface area contributed by atoms with Crippen molar-refractivity contribution in [1.29, 1.82) is 0 Å². The van der Waals surface area contributed by atoms with Crippen LogP contribution in [-0.2, 0) is 9.59 Å². The molecule has 0 spiro atoms. The van der Waals surface area contributed by atoms with Crippen molar-refractivity contribution in [2.45, 2.75) is 26.0 Å². The standard InChI is InChI=1S/C16H19NO5/c1-9(18)8-17-14(11-4-6-12(22-3)7-5-11)13(10(2)19)15(20)16(17)21/h4-7,9,14,18,20H,8H2,1-3H3/t9-,14+/m0/s1. The lowest BCUT2D eigenvalue weighted by molar-refractivity contribution is -0.130. The molecule has 1 amide bonds. The predicted octanol–water partition coefficient (Wildman–Crippen LogP) is 1.36. The summed E-state index contributed by atoms with van der Waals surface area (Å²) in [5, 5.41) is 19.6. The molecule has 0 saturated carbocycles. The van der Waals surface area contributed by atoms with Crippen LogP contribution in [-0.4, -0.2) is 46.6 Å². The molecule has 0 unspecified atom stereocenters. The molecule has 1 aliphatic heterocycles. The number of methoxy groups -OCH3 is 1. The molecule has 1 heterocycles. The highest BCUT2D eigenvalue weighted by atomic mass is 16.5. The number of ketones is 1. The molecule has 2 rings (SSSR count). The third kappa shape index (κ3) is 2.82. The van der Waals surface area contributed by atoms with E-state index in [9.17, 15) is 19.8 Å². The van der Waals surface area contributed by atoms with Gasteiger partial charge in [-0.3, -0.25) is 9.59 Å². The van der Waals surface area contributed by atoms with E-state index in [1.807, 2.05) is 0 Å². The number of β-amino-alcohol motifs (C(OH)–C–C–N with tert-alkyl or cyclic N) is 1. The van der Waals surface area contributed by atoms with Gasteiger partial charge in [-0.15, -0.1) is 0 Å². The van der Waals surface area contributed by atoms with E-state index in [4.69, 9.17) is 4.74 Å². The van der Waals surface area contributed by atoms with Crippen LogP contribution in [0.5, 0.6) is 5.75 Å². The Morgan fingerprint density at radius 2 is 1.95 bits per heavy atom. The van der Waals surface area contributed by atoms with Gasteiger partial charge in [0.05, 0.1) is 24.8 Å². The quantitative estimate of drug-likeness (QED) is 0.857. The van der Waals surface area contributed by atoms with Gasteiger partial charge in [-0.25, -0.2) is 0 Å². The normalized spacial score (nSPS) is 19.5. The number of benzene rings is 1. The number of amides is 1. The van der Waals surface area contributed by atoms with Crippen LogP contribution >= 0.6 is 0 Å². The summed E-state index contributed by atoms with van der Waals surface area (Å²) >= 11 is 0. The van der Waals surface area contributed by atoms with E-state index in [1.54, 1.807) is 38.3 Å². The Morgan fingerprint density at radius 3 is 2.41 bits per heavy atom. The average Bonchev–Trinajstić information content (AvgIpc) is 2.72. The topological polar surface area (TPSA) is 87.1 Å². The van der Waals surface area contributed by atoms with Crippen molar-refractivity contribution in [2.24, 2.45) is 0 Å². The Kier molecular flexibility index (Phi) is 4.51. The van der Waals surface area contributed by atoms with Crippen molar-refractivity contribution in [2.75, 3.05) is 13.7 Å². The van der Waals surface area contributed by atoms with E-state index in [2.05, 4.69) is 0 Å². The molecule has 1 aliphatic rings. The highest BCUT2D eigenvalue weighted by molar-refractivity contribution is 6.08. The van der Waals surface area contributed by atoms with Gasteiger partial charge in [-0.1, -0.05) is 12.1 Å². The molecule has 2 N–H and O–H groups in total. The zero-order chi connectivity index (χ0) is 16.4. The van der Waals surface area contributed by atoms with Crippen molar-refractivity contribution in [3.63, 3.8) is 0 Å². The molecule has 6 heteroatoms. The maximum atomic E-state index is 12.2. The van der Waals surface area contributed by atoms with E-state index in [0.29, 0.717) is 11.3 Å². The Hall–Kier alpha value is -2.34. The van der Waals surface area contributed by atoms with Crippen LogP contribution in [0.2, 0.25) is 0 Å². The summed E-state index contributed by atoms with van der Waals surface area (Å²) < 4.78 is 5.09. The maximum Gasteiger partial charge on any atom is 0.290 e. The van der Waals surface area contributed by atoms with Crippen LogP contribution < -0.4 is 4.74 Å². The molecule has 0 fully saturated rings. The zero-order valence-corrected chi connectivity index (χ0v) is 12.7. The summed E-state index contributed by atoms with van der Waals surface area (Å²) in [6.07, 6.45) is -0.774. The van der Waals surface area contributed by atoms with Crippen LogP contribution in [0.3, 0.4) is 0 Å². The minimum Gasteiger partial charge on any atom is -0.503 e. The van der Waals surface area contributed by atoms with E-state index >= 15 is 0 Å². The van der Waals surface area contributed by atoms with E-state index in [-0.39, 0.29) is 17.9 Å². The van der Waals surface area contributed by atoms with Crippen LogP contribution in [0.4, 0.5) is 0 Å². The number of hydrogen-bond acceptors (Lipinski definition) is 5. The first-order valence-corrected chi connectivity index (χ1v) is 6.93. The van der Waals surface area contributed by atoms with Crippen molar-refractivity contribution in [3.8, 4) is 5.75 Å². The number of nitrogens with zero attached hydrogens (tertiary/aromatic N) is 1. The summed E-state index contributed by atoms with van der Waals surface area (Å²) in [5.41, 5.74) is 0.722. The molecular formula is C16H19NO5. The summed E-state index contributed by atoms with van der Waals surface area (Å²) in [4.78, 5) is 25.4. The molecule has 0 saturated heterocycles. The molecule has 1 aromatic rings. The van der Waals surface area contributed by atoms with Crippen molar-refractivity contribution in [3.05, 3.63) is 41.2 Å². The average molecular weight is 305 g/mol. The number of carbonyl (C=O) groups excluding carboxylic acids is 2. The minimum absolute atomic E-state index is 0.0242. The first kappa shape index (κ1) is 16.0. The van der Waals surface area contributed by atoms with Gasteiger partial charge in [0.1, 0.15) is 5.75 Å². The second kappa shape index (κ2) is 6.19. The first-order chi connectivity index (χ1) is 10.4. The van der Waals surface area contributed by atoms with Gasteiger partial charge >= 0.3 is 0 Å². The Bertz CT molecular complexity index is 618. The van der Waals surface area contributed by atoms with Crippen LogP contribution in [0, 0.1) is 0 Å². The monoisotopic (exact) mass is 305 g/mol. The van der Waals surface area contributed by atoms with E-state index in [1.165, 1.54) is 11.8 Å². The van der Waals surface area contributed by atoms with Gasteiger partial charge in [0.15, 0.2) is 11.5 Å². The van der Waals surface area contributed by atoms with Gasteiger partial charge in [0, 0.05) is 6.54 Å². The van der Waals surface area contributed by atoms with Gasteiger partial charge in [0.25, 0.3) is 5.91 Å². The molecule has 0 aromatic heterocycles. The van der Waals surface area contributed by atoms with E-state index in [0.717, 1.165) is 0 Å². The first-order valence-electron chi connectivity index (χ1n) is 6.93. The fourth-order valence-corrected chi connectivity index (χ4v) is 2.62. The fraction of sp³-hybridized carbons (Fsp3) is 0.375. The summed E-state index contributed by atoms with van der Waals surface area (Å²) in [5.74, 6) is -0.923. The molecule has 22 heavy (non-hydrogen) atoms. The molecule has 1 aromatic carbocycles. The molecule has 0 radical (unpaired) electrons. The highest BCUT2D eigenvalue weighted by Gasteiger charge is 2.42. The lowest BCUT2D eigenvalue weighted by Gasteiger charge is -2.27. The van der Waals surface area contributed by atoms with Crippen LogP contribution in [0.1, 0.15) is 25.5 Å². The Morgan fingerprint density at radius 1 is 1.36 bits per heavy atom. The predicted molar refractivity (Wildman–Crippen MR) is 79.5 cm³/mol. The SMILES string of the molecule is COc1ccc([C@@H]2C(C(C)=O)=C(O)C(=O)N2C[C@H](C)O)cc1. The molecule has 0 aliphatic carbocycles. The number of Topliss-reactive ketones (excluding diaryl/α,β-unsaturated/α-hetero) is 1. The number of carbonyl (C=O) groups is 2. The number of rotatable bonds is 5. The molecule has 2 atom stereocenters. The summed E-state index contributed by atoms with van der Waals surface area (Å²) in [6, 6.07) is 6.19. The van der Waals surface area contributed by atoms with Crippen molar-refractivity contribution < 1.29 is 24.5 Å². The lowest BCUT2D eigenvalue weighted by Crippen LogP contribution is -2.36. The van der Waals surface area contributed by atoms with Crippen molar-refractivity contribution >= 4 is 11.7 Å². The summed E-state index contributed by atoms with van der Waals surface area (Å²) in [6.45, 7) is 2.87. The number of aliphatic hydroxyl groups is 2. The third-order valence-electron chi connectivity index (χ3n) is 3.58. The van der Waals surface area contributed by atoms with Crippen LogP contribution in [0.25, 0.3) is 0 Å². The highest BCUT2D eigenvalue weighted by Crippen LogP contribution is 2.38. The van der Waals surface area contributed by atoms with Crippen molar-refractivity contribution in [1.82, 2.24) is 4.90 Å². The minimum atomic E-state index is -0.774. The van der Waals surface area contributed by atoms with Gasteiger partial charge in [-0.05, 0) is 31.5 Å².